The summed E-state index contributed by atoms with van der Waals surface area (Å²) in [6.07, 6.45) is 15.5. The molecule has 118 valence electrons. The molecule has 0 radical (unpaired) electrons. The van der Waals surface area contributed by atoms with Gasteiger partial charge in [-0.15, -0.1) is 0 Å². The maximum atomic E-state index is 5.75. The Balaban J connectivity index is 5.22. The molecule has 0 atom stereocenters. The van der Waals surface area contributed by atoms with Crippen LogP contribution in [0.1, 0.15) is 20.8 Å². The molecule has 0 saturated heterocycles. The third-order valence-corrected chi connectivity index (χ3v) is 2.15. The van der Waals surface area contributed by atoms with Gasteiger partial charge >= 0.3 is 0 Å². The van der Waals surface area contributed by atoms with Gasteiger partial charge in [0.25, 0.3) is 0 Å². The highest BCUT2D eigenvalue weighted by molar-refractivity contribution is 5.27. The van der Waals surface area contributed by atoms with Crippen LogP contribution < -0.4 is 0 Å². The second kappa shape index (κ2) is 10.3. The zero-order valence-electron chi connectivity index (χ0n) is 13.8. The molecule has 0 aromatic carbocycles. The molecule has 2 nitrogen and oxygen atoms in total. The van der Waals surface area contributed by atoms with Gasteiger partial charge in [0.2, 0.25) is 0 Å². The second-order valence-electron chi connectivity index (χ2n) is 5.26. The summed E-state index contributed by atoms with van der Waals surface area (Å²) in [5.41, 5.74) is -0.288. The first-order valence-electron chi connectivity index (χ1n) is 7.01. The molecule has 0 aliphatic heterocycles. The Morgan fingerprint density at radius 2 is 1.36 bits per heavy atom. The molecule has 0 heterocycles. The average molecular weight is 298 g/mol. The van der Waals surface area contributed by atoms with E-state index in [1.165, 1.54) is 0 Å². The summed E-state index contributed by atoms with van der Waals surface area (Å²) < 4.78 is 11.5. The minimum Gasteiger partial charge on any atom is -0.488 e. The van der Waals surface area contributed by atoms with E-state index < -0.39 is 0 Å². The molecule has 0 aromatic heterocycles. The Morgan fingerprint density at radius 1 is 0.773 bits per heavy atom. The predicted molar refractivity (Wildman–Crippen MR) is 96.1 cm³/mol. The summed E-state index contributed by atoms with van der Waals surface area (Å²) >= 11 is 0. The smallest absolute Gasteiger partial charge is 0.127 e. The van der Waals surface area contributed by atoms with Crippen molar-refractivity contribution >= 4 is 0 Å². The van der Waals surface area contributed by atoms with Crippen LogP contribution in [0.25, 0.3) is 0 Å². The third-order valence-electron chi connectivity index (χ3n) is 2.15. The van der Waals surface area contributed by atoms with Crippen LogP contribution in [-0.4, -0.2) is 5.60 Å². The van der Waals surface area contributed by atoms with E-state index in [0.29, 0.717) is 17.3 Å². The van der Waals surface area contributed by atoms with Crippen molar-refractivity contribution in [2.45, 2.75) is 26.4 Å². The summed E-state index contributed by atoms with van der Waals surface area (Å²) in [7, 11) is 0. The zero-order chi connectivity index (χ0) is 17.0. The summed E-state index contributed by atoms with van der Waals surface area (Å²) in [6.45, 7) is 20.7. The van der Waals surface area contributed by atoms with Gasteiger partial charge in [0.1, 0.15) is 22.9 Å². The van der Waals surface area contributed by atoms with Crippen molar-refractivity contribution in [1.82, 2.24) is 0 Å². The minimum absolute atomic E-state index is 0.288. The number of allylic oxidation sites excluding steroid dienone is 9. The van der Waals surface area contributed by atoms with Gasteiger partial charge in [-0.1, -0.05) is 44.5 Å². The van der Waals surface area contributed by atoms with E-state index in [4.69, 9.17) is 9.47 Å². The number of rotatable bonds is 9. The molecule has 0 spiro atoms. The Labute approximate surface area is 134 Å². The molecule has 0 aliphatic rings. The van der Waals surface area contributed by atoms with Gasteiger partial charge in [0, 0.05) is 0 Å². The number of hydrogen-bond donors (Lipinski definition) is 0. The lowest BCUT2D eigenvalue weighted by Gasteiger charge is -2.21. The van der Waals surface area contributed by atoms with Gasteiger partial charge in [-0.3, -0.25) is 0 Å². The van der Waals surface area contributed by atoms with E-state index in [2.05, 4.69) is 26.3 Å². The van der Waals surface area contributed by atoms with E-state index >= 15 is 0 Å². The molecule has 0 aromatic rings. The van der Waals surface area contributed by atoms with Crippen molar-refractivity contribution < 1.29 is 9.47 Å². The van der Waals surface area contributed by atoms with Crippen molar-refractivity contribution in [3.05, 3.63) is 98.3 Å². The normalized spacial score (nSPS) is 13.7. The van der Waals surface area contributed by atoms with Gasteiger partial charge in [-0.25, -0.2) is 0 Å². The van der Waals surface area contributed by atoms with Gasteiger partial charge < -0.3 is 9.47 Å². The Bertz CT molecular complexity index is 520. The van der Waals surface area contributed by atoms with Crippen molar-refractivity contribution in [3.63, 3.8) is 0 Å². The molecule has 0 fully saturated rings. The highest BCUT2D eigenvalue weighted by atomic mass is 16.5. The molecule has 0 amide bonds. The van der Waals surface area contributed by atoms with E-state index in [1.54, 1.807) is 54.7 Å². The Hall–Kier alpha value is -2.48. The van der Waals surface area contributed by atoms with Crippen molar-refractivity contribution in [2.24, 2.45) is 0 Å². The maximum Gasteiger partial charge on any atom is 0.127 e. The first-order chi connectivity index (χ1) is 10.4. The van der Waals surface area contributed by atoms with Crippen LogP contribution >= 0.6 is 0 Å². The zero-order valence-corrected chi connectivity index (χ0v) is 13.8. The highest BCUT2D eigenvalue weighted by Gasteiger charge is 2.11. The number of hydrogen-bond acceptors (Lipinski definition) is 2. The first kappa shape index (κ1) is 19.5. The van der Waals surface area contributed by atoms with Gasteiger partial charge in [-0.05, 0) is 57.2 Å². The molecule has 0 unspecified atom stereocenters. The van der Waals surface area contributed by atoms with Crippen LogP contribution in [0.15, 0.2) is 98.3 Å². The van der Waals surface area contributed by atoms with Crippen LogP contribution in [0.4, 0.5) is 0 Å². The molecule has 0 aliphatic carbocycles. The standard InChI is InChI=1S/C20H26O2/c1-8-12-14-19(13-9-2)21-17(10-3)15-16-18(11-4)22-20(5,6)7/h8-16H,1-4H2,5-7H3/b14-12-,17-15+,18-16+,19-13+. The fraction of sp³-hybridized carbons (Fsp3) is 0.200. The molecule has 0 rings (SSSR count). The maximum absolute atomic E-state index is 5.75. The van der Waals surface area contributed by atoms with Crippen LogP contribution in [0, 0.1) is 0 Å². The van der Waals surface area contributed by atoms with Crippen LogP contribution in [0.3, 0.4) is 0 Å². The van der Waals surface area contributed by atoms with Gasteiger partial charge in [-0.2, -0.15) is 0 Å². The SMILES string of the molecule is C=C/C=C\C(=C/C=C)O/C(C=C)=C/C=C(\C=C)OC(C)(C)C. The van der Waals surface area contributed by atoms with Crippen molar-refractivity contribution in [3.8, 4) is 0 Å². The third kappa shape index (κ3) is 9.43. The molecule has 0 bridgehead atoms. The van der Waals surface area contributed by atoms with Crippen LogP contribution in [0.5, 0.6) is 0 Å². The first-order valence-corrected chi connectivity index (χ1v) is 7.01. The highest BCUT2D eigenvalue weighted by Crippen LogP contribution is 2.16. The summed E-state index contributed by atoms with van der Waals surface area (Å²) in [5, 5.41) is 0. The van der Waals surface area contributed by atoms with E-state index in [9.17, 15) is 0 Å². The average Bonchev–Trinajstić information content (AvgIpc) is 2.46. The summed E-state index contributed by atoms with van der Waals surface area (Å²) in [4.78, 5) is 0. The Morgan fingerprint density at radius 3 is 1.82 bits per heavy atom. The second-order valence-corrected chi connectivity index (χ2v) is 5.26. The van der Waals surface area contributed by atoms with Crippen molar-refractivity contribution in [1.29, 1.82) is 0 Å². The van der Waals surface area contributed by atoms with E-state index in [0.717, 1.165) is 0 Å². The summed E-state index contributed by atoms with van der Waals surface area (Å²) in [6, 6.07) is 0. The van der Waals surface area contributed by atoms with E-state index in [-0.39, 0.29) is 5.60 Å². The monoisotopic (exact) mass is 298 g/mol. The summed E-state index contributed by atoms with van der Waals surface area (Å²) in [5.74, 6) is 1.87. The van der Waals surface area contributed by atoms with Gasteiger partial charge in [0.05, 0.1) is 0 Å². The fourth-order valence-electron chi connectivity index (χ4n) is 1.34. The lowest BCUT2D eigenvalue weighted by molar-refractivity contribution is 0.0601. The largest absolute Gasteiger partial charge is 0.488 e. The molecule has 2 heteroatoms. The molecular formula is C20H26O2. The van der Waals surface area contributed by atoms with Crippen LogP contribution in [-0.2, 0) is 9.47 Å². The fourth-order valence-corrected chi connectivity index (χ4v) is 1.34. The van der Waals surface area contributed by atoms with Crippen LogP contribution in [0.2, 0.25) is 0 Å². The molecule has 0 N–H and O–H groups in total. The number of ether oxygens (including phenoxy) is 2. The molecule has 22 heavy (non-hydrogen) atoms. The quantitative estimate of drug-likeness (QED) is 0.397. The lowest BCUT2D eigenvalue weighted by atomic mass is 10.2. The molecule has 0 saturated carbocycles. The van der Waals surface area contributed by atoms with Crippen molar-refractivity contribution in [2.75, 3.05) is 0 Å². The van der Waals surface area contributed by atoms with Gasteiger partial charge in [0.15, 0.2) is 0 Å². The minimum atomic E-state index is -0.288. The van der Waals surface area contributed by atoms with E-state index in [1.807, 2.05) is 20.8 Å². The lowest BCUT2D eigenvalue weighted by Crippen LogP contribution is -2.17. The predicted octanol–water partition coefficient (Wildman–Crippen LogP) is 5.77. The molecular weight excluding hydrogens is 272 g/mol. The Kier molecular flexibility index (Phi) is 9.12. The topological polar surface area (TPSA) is 18.5 Å².